The molecule has 0 saturated carbocycles. The molecule has 1 aromatic carbocycles. The average Bonchev–Trinajstić information content (AvgIpc) is 2.70. The molecule has 0 saturated heterocycles. The van der Waals surface area contributed by atoms with E-state index in [9.17, 15) is 0 Å². The van der Waals surface area contributed by atoms with E-state index in [1.807, 2.05) is 12.1 Å². The lowest BCUT2D eigenvalue weighted by molar-refractivity contribution is 0.554. The zero-order valence-electron chi connectivity index (χ0n) is 11.0. The van der Waals surface area contributed by atoms with Gasteiger partial charge in [-0.15, -0.1) is 0 Å². The Labute approximate surface area is 114 Å². The Bertz CT molecular complexity index is 500. The Balaban J connectivity index is 2.07. The van der Waals surface area contributed by atoms with Crippen molar-refractivity contribution in [2.45, 2.75) is 39.7 Å². The first-order valence-electron chi connectivity index (χ1n) is 6.47. The number of aryl methyl sites for hydroxylation is 2. The van der Waals surface area contributed by atoms with Crippen LogP contribution in [0.25, 0.3) is 0 Å². The van der Waals surface area contributed by atoms with Gasteiger partial charge in [-0.2, -0.15) is 5.10 Å². The molecule has 3 heteroatoms. The van der Waals surface area contributed by atoms with Gasteiger partial charge in [0.25, 0.3) is 0 Å². The largest absolute Gasteiger partial charge is 0.270 e. The lowest BCUT2D eigenvalue weighted by atomic mass is 10.1. The molecule has 2 aromatic rings. The van der Waals surface area contributed by atoms with Crippen molar-refractivity contribution in [3.63, 3.8) is 0 Å². The van der Waals surface area contributed by atoms with Gasteiger partial charge in [-0.1, -0.05) is 37.1 Å². The number of hydrogen-bond donors (Lipinski definition) is 0. The SMILES string of the molecule is CCCCn1nc(Cc2ccc(Cl)cc2)cc1C. The van der Waals surface area contributed by atoms with E-state index in [1.54, 1.807) is 0 Å². The van der Waals surface area contributed by atoms with Gasteiger partial charge < -0.3 is 0 Å². The van der Waals surface area contributed by atoms with Crippen LogP contribution in [0.15, 0.2) is 30.3 Å². The van der Waals surface area contributed by atoms with Gasteiger partial charge in [-0.25, -0.2) is 0 Å². The minimum Gasteiger partial charge on any atom is -0.270 e. The molecule has 96 valence electrons. The molecule has 0 N–H and O–H groups in total. The molecular formula is C15H19ClN2. The Morgan fingerprint density at radius 3 is 2.61 bits per heavy atom. The first kappa shape index (κ1) is 13.2. The molecular weight excluding hydrogens is 244 g/mol. The fraction of sp³-hybridized carbons (Fsp3) is 0.400. The fourth-order valence-electron chi connectivity index (χ4n) is 2.01. The zero-order valence-corrected chi connectivity index (χ0v) is 11.7. The van der Waals surface area contributed by atoms with Crippen molar-refractivity contribution < 1.29 is 0 Å². The van der Waals surface area contributed by atoms with Gasteiger partial charge in [0.2, 0.25) is 0 Å². The maximum Gasteiger partial charge on any atom is 0.0671 e. The van der Waals surface area contributed by atoms with Gasteiger partial charge >= 0.3 is 0 Å². The molecule has 0 radical (unpaired) electrons. The molecule has 0 spiro atoms. The maximum absolute atomic E-state index is 5.88. The van der Waals surface area contributed by atoms with E-state index in [-0.39, 0.29) is 0 Å². The van der Waals surface area contributed by atoms with Crippen LogP contribution < -0.4 is 0 Å². The minimum absolute atomic E-state index is 0.781. The lowest BCUT2D eigenvalue weighted by Crippen LogP contribution is -2.02. The monoisotopic (exact) mass is 262 g/mol. The molecule has 2 nitrogen and oxygen atoms in total. The highest BCUT2D eigenvalue weighted by molar-refractivity contribution is 6.30. The normalized spacial score (nSPS) is 10.8. The van der Waals surface area contributed by atoms with E-state index in [4.69, 9.17) is 11.6 Å². The van der Waals surface area contributed by atoms with Crippen molar-refractivity contribution in [1.82, 2.24) is 9.78 Å². The molecule has 0 aliphatic carbocycles. The fourth-order valence-corrected chi connectivity index (χ4v) is 2.14. The summed E-state index contributed by atoms with van der Waals surface area (Å²) in [6.07, 6.45) is 3.26. The van der Waals surface area contributed by atoms with E-state index in [2.05, 4.69) is 41.8 Å². The zero-order chi connectivity index (χ0) is 13.0. The number of benzene rings is 1. The van der Waals surface area contributed by atoms with Crippen molar-refractivity contribution in [3.8, 4) is 0 Å². The maximum atomic E-state index is 5.88. The van der Waals surface area contributed by atoms with E-state index >= 15 is 0 Å². The molecule has 0 unspecified atom stereocenters. The van der Waals surface area contributed by atoms with Crippen LogP contribution in [0.5, 0.6) is 0 Å². The van der Waals surface area contributed by atoms with Crippen molar-refractivity contribution in [2.75, 3.05) is 0 Å². The van der Waals surface area contributed by atoms with Gasteiger partial charge in [-0.3, -0.25) is 4.68 Å². The van der Waals surface area contributed by atoms with Crippen LogP contribution in [0, 0.1) is 6.92 Å². The molecule has 2 rings (SSSR count). The molecule has 0 aliphatic rings. The molecule has 0 aliphatic heterocycles. The van der Waals surface area contributed by atoms with Gasteiger partial charge in [-0.05, 0) is 37.1 Å². The van der Waals surface area contributed by atoms with Gasteiger partial charge in [0.05, 0.1) is 5.69 Å². The highest BCUT2D eigenvalue weighted by atomic mass is 35.5. The lowest BCUT2D eigenvalue weighted by Gasteiger charge is -2.02. The molecule has 0 fully saturated rings. The van der Waals surface area contributed by atoms with Gasteiger partial charge in [0, 0.05) is 23.7 Å². The Kier molecular flexibility index (Phi) is 4.43. The van der Waals surface area contributed by atoms with E-state index in [0.717, 1.165) is 23.7 Å². The van der Waals surface area contributed by atoms with Crippen LogP contribution in [0.2, 0.25) is 5.02 Å². The highest BCUT2D eigenvalue weighted by Gasteiger charge is 2.04. The molecule has 0 bridgehead atoms. The highest BCUT2D eigenvalue weighted by Crippen LogP contribution is 2.14. The first-order chi connectivity index (χ1) is 8.69. The third kappa shape index (κ3) is 3.36. The Morgan fingerprint density at radius 2 is 1.94 bits per heavy atom. The number of nitrogens with zero attached hydrogens (tertiary/aromatic N) is 2. The number of unbranched alkanes of at least 4 members (excludes halogenated alkanes) is 1. The standard InChI is InChI=1S/C15H19ClN2/c1-3-4-9-18-12(2)10-15(17-18)11-13-5-7-14(16)8-6-13/h5-8,10H,3-4,9,11H2,1-2H3. The van der Waals surface area contributed by atoms with Crippen molar-refractivity contribution in [2.24, 2.45) is 0 Å². The summed E-state index contributed by atoms with van der Waals surface area (Å²) in [4.78, 5) is 0. The summed E-state index contributed by atoms with van der Waals surface area (Å²) >= 11 is 5.88. The number of halogens is 1. The molecule has 0 amide bonds. The van der Waals surface area contributed by atoms with Crippen molar-refractivity contribution in [1.29, 1.82) is 0 Å². The van der Waals surface area contributed by atoms with Gasteiger partial charge in [0.1, 0.15) is 0 Å². The summed E-state index contributed by atoms with van der Waals surface area (Å²) in [5, 5.41) is 5.43. The second-order valence-corrected chi connectivity index (χ2v) is 5.09. The molecule has 18 heavy (non-hydrogen) atoms. The minimum atomic E-state index is 0.781. The Hall–Kier alpha value is -1.28. The van der Waals surface area contributed by atoms with Crippen LogP contribution >= 0.6 is 11.6 Å². The average molecular weight is 263 g/mol. The summed E-state index contributed by atoms with van der Waals surface area (Å²) in [5.74, 6) is 0. The summed E-state index contributed by atoms with van der Waals surface area (Å²) < 4.78 is 2.11. The van der Waals surface area contributed by atoms with Gasteiger partial charge in [0.15, 0.2) is 0 Å². The first-order valence-corrected chi connectivity index (χ1v) is 6.84. The number of hydrogen-bond acceptors (Lipinski definition) is 1. The van der Waals surface area contributed by atoms with Crippen molar-refractivity contribution >= 4 is 11.6 Å². The predicted molar refractivity (Wildman–Crippen MR) is 76.1 cm³/mol. The smallest absolute Gasteiger partial charge is 0.0671 e. The van der Waals surface area contributed by atoms with E-state index < -0.39 is 0 Å². The molecule has 1 aromatic heterocycles. The molecule has 0 atom stereocenters. The summed E-state index contributed by atoms with van der Waals surface area (Å²) in [6, 6.07) is 10.1. The van der Waals surface area contributed by atoms with Crippen LogP contribution in [0.1, 0.15) is 36.7 Å². The number of aromatic nitrogens is 2. The topological polar surface area (TPSA) is 17.8 Å². The Morgan fingerprint density at radius 1 is 1.22 bits per heavy atom. The quantitative estimate of drug-likeness (QED) is 0.788. The second-order valence-electron chi connectivity index (χ2n) is 4.66. The third-order valence-electron chi connectivity index (χ3n) is 3.05. The second kappa shape index (κ2) is 6.05. The summed E-state index contributed by atoms with van der Waals surface area (Å²) in [6.45, 7) is 5.34. The predicted octanol–water partition coefficient (Wildman–Crippen LogP) is 4.24. The van der Waals surface area contributed by atoms with Crippen molar-refractivity contribution in [3.05, 3.63) is 52.3 Å². The number of rotatable bonds is 5. The van der Waals surface area contributed by atoms with E-state index in [0.29, 0.717) is 0 Å². The van der Waals surface area contributed by atoms with Crippen LogP contribution in [-0.2, 0) is 13.0 Å². The third-order valence-corrected chi connectivity index (χ3v) is 3.31. The summed E-state index contributed by atoms with van der Waals surface area (Å²) in [5.41, 5.74) is 3.62. The molecule has 1 heterocycles. The van der Waals surface area contributed by atoms with Crippen LogP contribution in [0.4, 0.5) is 0 Å². The van der Waals surface area contributed by atoms with Crippen LogP contribution in [-0.4, -0.2) is 9.78 Å². The summed E-state index contributed by atoms with van der Waals surface area (Å²) in [7, 11) is 0. The van der Waals surface area contributed by atoms with Crippen LogP contribution in [0.3, 0.4) is 0 Å². The van der Waals surface area contributed by atoms with E-state index in [1.165, 1.54) is 24.1 Å².